The predicted molar refractivity (Wildman–Crippen MR) is 51.6 cm³/mol. The van der Waals surface area contributed by atoms with Gasteiger partial charge in [0.2, 0.25) is 6.79 Å². The fourth-order valence-electron chi connectivity index (χ4n) is 1.49. The standard InChI is InChI=1S/C11H9NO3/c1-7(13)9(5-12)8-2-3-10-11(4-8)15-6-14-10/h2-4,9H,6H2,1H3. The van der Waals surface area contributed by atoms with E-state index in [1.165, 1.54) is 6.92 Å². The summed E-state index contributed by atoms with van der Waals surface area (Å²) >= 11 is 0. The lowest BCUT2D eigenvalue weighted by Gasteiger charge is -2.05. The number of carbonyl (C=O) groups excluding carboxylic acids is 1. The normalized spacial score (nSPS) is 14.4. The topological polar surface area (TPSA) is 59.3 Å². The number of rotatable bonds is 2. The maximum atomic E-state index is 11.2. The minimum atomic E-state index is -0.723. The van der Waals surface area contributed by atoms with Crippen LogP contribution in [0.5, 0.6) is 11.5 Å². The fraction of sp³-hybridized carbons (Fsp3) is 0.273. The van der Waals surface area contributed by atoms with Crippen LogP contribution in [-0.4, -0.2) is 12.6 Å². The molecular formula is C11H9NO3. The van der Waals surface area contributed by atoms with Gasteiger partial charge in [-0.15, -0.1) is 0 Å². The monoisotopic (exact) mass is 203 g/mol. The van der Waals surface area contributed by atoms with Crippen LogP contribution < -0.4 is 9.47 Å². The van der Waals surface area contributed by atoms with Crippen LogP contribution in [0.3, 0.4) is 0 Å². The molecule has 0 fully saturated rings. The molecule has 0 bridgehead atoms. The van der Waals surface area contributed by atoms with E-state index in [1.807, 2.05) is 6.07 Å². The summed E-state index contributed by atoms with van der Waals surface area (Å²) < 4.78 is 10.3. The van der Waals surface area contributed by atoms with E-state index in [4.69, 9.17) is 14.7 Å². The van der Waals surface area contributed by atoms with Crippen molar-refractivity contribution in [3.05, 3.63) is 23.8 Å². The van der Waals surface area contributed by atoms with Gasteiger partial charge in [-0.2, -0.15) is 5.26 Å². The van der Waals surface area contributed by atoms with Crippen molar-refractivity contribution in [2.24, 2.45) is 0 Å². The van der Waals surface area contributed by atoms with E-state index in [1.54, 1.807) is 18.2 Å². The van der Waals surface area contributed by atoms with E-state index in [9.17, 15) is 4.79 Å². The SMILES string of the molecule is CC(=O)C(C#N)c1ccc2c(c1)OCO2. The summed E-state index contributed by atoms with van der Waals surface area (Å²) in [5.41, 5.74) is 0.647. The Morgan fingerprint density at radius 2 is 2.20 bits per heavy atom. The third-order valence-electron chi connectivity index (χ3n) is 2.27. The Hall–Kier alpha value is -2.02. The van der Waals surface area contributed by atoms with E-state index in [-0.39, 0.29) is 12.6 Å². The highest BCUT2D eigenvalue weighted by Crippen LogP contribution is 2.34. The molecule has 4 heteroatoms. The summed E-state index contributed by atoms with van der Waals surface area (Å²) in [6.45, 7) is 1.59. The average Bonchev–Trinajstić information content (AvgIpc) is 2.65. The second-order valence-electron chi connectivity index (χ2n) is 3.29. The van der Waals surface area contributed by atoms with E-state index in [0.29, 0.717) is 17.1 Å². The Kier molecular flexibility index (Phi) is 2.30. The van der Waals surface area contributed by atoms with Crippen molar-refractivity contribution in [1.29, 1.82) is 5.26 Å². The van der Waals surface area contributed by atoms with Crippen LogP contribution in [-0.2, 0) is 4.79 Å². The van der Waals surface area contributed by atoms with E-state index in [0.717, 1.165) is 0 Å². The maximum Gasteiger partial charge on any atom is 0.231 e. The van der Waals surface area contributed by atoms with Crippen LogP contribution in [0.15, 0.2) is 18.2 Å². The molecule has 0 aliphatic carbocycles. The minimum Gasteiger partial charge on any atom is -0.454 e. The Bertz CT molecular complexity index is 448. The summed E-state index contributed by atoms with van der Waals surface area (Å²) in [6.07, 6.45) is 0. The lowest BCUT2D eigenvalue weighted by Crippen LogP contribution is -2.05. The van der Waals surface area contributed by atoms with Crippen molar-refractivity contribution in [3.63, 3.8) is 0 Å². The summed E-state index contributed by atoms with van der Waals surface area (Å²) in [4.78, 5) is 11.2. The zero-order chi connectivity index (χ0) is 10.8. The van der Waals surface area contributed by atoms with Crippen LogP contribution >= 0.6 is 0 Å². The first-order chi connectivity index (χ1) is 7.22. The van der Waals surface area contributed by atoms with Gasteiger partial charge in [-0.25, -0.2) is 0 Å². The first-order valence-electron chi connectivity index (χ1n) is 4.52. The molecule has 1 aliphatic heterocycles. The molecule has 1 aliphatic rings. The van der Waals surface area contributed by atoms with Crippen molar-refractivity contribution in [2.45, 2.75) is 12.8 Å². The van der Waals surface area contributed by atoms with Gasteiger partial charge in [-0.05, 0) is 24.6 Å². The number of fused-ring (bicyclic) bond motifs is 1. The highest BCUT2D eigenvalue weighted by molar-refractivity contribution is 5.86. The Morgan fingerprint density at radius 3 is 2.87 bits per heavy atom. The van der Waals surface area contributed by atoms with Gasteiger partial charge in [0.05, 0.1) is 6.07 Å². The molecule has 0 spiro atoms. The molecule has 1 aromatic rings. The number of ketones is 1. The number of Topliss-reactive ketones (excluding diaryl/α,β-unsaturated/α-hetero) is 1. The van der Waals surface area contributed by atoms with Gasteiger partial charge in [-0.1, -0.05) is 6.07 Å². The lowest BCUT2D eigenvalue weighted by molar-refractivity contribution is -0.117. The van der Waals surface area contributed by atoms with Crippen LogP contribution in [0.25, 0.3) is 0 Å². The average molecular weight is 203 g/mol. The third-order valence-corrected chi connectivity index (χ3v) is 2.27. The number of hydrogen-bond donors (Lipinski definition) is 0. The number of nitrogens with zero attached hydrogens (tertiary/aromatic N) is 1. The number of benzene rings is 1. The predicted octanol–water partition coefficient (Wildman–Crippen LogP) is 1.61. The fourth-order valence-corrected chi connectivity index (χ4v) is 1.49. The molecule has 4 nitrogen and oxygen atoms in total. The molecule has 0 amide bonds. The number of hydrogen-bond acceptors (Lipinski definition) is 4. The van der Waals surface area contributed by atoms with E-state index in [2.05, 4.69) is 0 Å². The molecule has 1 heterocycles. The molecule has 1 unspecified atom stereocenters. The second kappa shape index (κ2) is 3.62. The van der Waals surface area contributed by atoms with Crippen molar-refractivity contribution in [3.8, 4) is 17.6 Å². The van der Waals surface area contributed by atoms with Crippen LogP contribution in [0.1, 0.15) is 18.4 Å². The number of ether oxygens (including phenoxy) is 2. The molecule has 1 aromatic carbocycles. The molecule has 1 atom stereocenters. The molecule has 0 aromatic heterocycles. The summed E-state index contributed by atoms with van der Waals surface area (Å²) in [5, 5.41) is 8.86. The quantitative estimate of drug-likeness (QED) is 0.732. The highest BCUT2D eigenvalue weighted by Gasteiger charge is 2.20. The lowest BCUT2D eigenvalue weighted by atomic mass is 9.97. The van der Waals surface area contributed by atoms with Crippen molar-refractivity contribution in [2.75, 3.05) is 6.79 Å². The molecule has 76 valence electrons. The van der Waals surface area contributed by atoms with Gasteiger partial charge in [0, 0.05) is 0 Å². The van der Waals surface area contributed by atoms with Gasteiger partial charge in [0.15, 0.2) is 17.3 Å². The molecule has 0 saturated heterocycles. The van der Waals surface area contributed by atoms with Gasteiger partial charge in [0.25, 0.3) is 0 Å². The van der Waals surface area contributed by atoms with Gasteiger partial charge in [0.1, 0.15) is 5.92 Å². The third kappa shape index (κ3) is 1.64. The first kappa shape index (κ1) is 9.53. The first-order valence-corrected chi connectivity index (χ1v) is 4.52. The van der Waals surface area contributed by atoms with E-state index < -0.39 is 5.92 Å². The molecule has 15 heavy (non-hydrogen) atoms. The summed E-state index contributed by atoms with van der Waals surface area (Å²) in [6, 6.07) is 7.07. The van der Waals surface area contributed by atoms with Crippen molar-refractivity contribution < 1.29 is 14.3 Å². The second-order valence-corrected chi connectivity index (χ2v) is 3.29. The summed E-state index contributed by atoms with van der Waals surface area (Å²) in [7, 11) is 0. The molecule has 0 N–H and O–H groups in total. The smallest absolute Gasteiger partial charge is 0.231 e. The zero-order valence-corrected chi connectivity index (χ0v) is 8.19. The van der Waals surface area contributed by atoms with Crippen molar-refractivity contribution in [1.82, 2.24) is 0 Å². The molecule has 0 saturated carbocycles. The van der Waals surface area contributed by atoms with Gasteiger partial charge >= 0.3 is 0 Å². The Morgan fingerprint density at radius 1 is 1.47 bits per heavy atom. The molecular weight excluding hydrogens is 194 g/mol. The minimum absolute atomic E-state index is 0.170. The van der Waals surface area contributed by atoms with Gasteiger partial charge < -0.3 is 9.47 Å². The van der Waals surface area contributed by atoms with E-state index >= 15 is 0 Å². The summed E-state index contributed by atoms with van der Waals surface area (Å²) in [5.74, 6) is 0.351. The highest BCUT2D eigenvalue weighted by atomic mass is 16.7. The molecule has 2 rings (SSSR count). The number of carbonyl (C=O) groups is 1. The van der Waals surface area contributed by atoms with Crippen LogP contribution in [0, 0.1) is 11.3 Å². The largest absolute Gasteiger partial charge is 0.454 e. The van der Waals surface area contributed by atoms with Crippen molar-refractivity contribution >= 4 is 5.78 Å². The number of nitriles is 1. The maximum absolute atomic E-state index is 11.2. The molecule has 0 radical (unpaired) electrons. The van der Waals surface area contributed by atoms with Gasteiger partial charge in [-0.3, -0.25) is 4.79 Å². The van der Waals surface area contributed by atoms with Crippen LogP contribution in [0.2, 0.25) is 0 Å². The Labute approximate surface area is 87.0 Å². The van der Waals surface area contributed by atoms with Crippen LogP contribution in [0.4, 0.5) is 0 Å². The Balaban J connectivity index is 2.38. The zero-order valence-electron chi connectivity index (χ0n) is 8.19.